The normalized spacial score (nSPS) is 12.9. The molecule has 2 nitrogen and oxygen atoms in total. The molecule has 0 aliphatic heterocycles. The summed E-state index contributed by atoms with van der Waals surface area (Å²) >= 11 is 0. The smallest absolute Gasteiger partial charge is 0.0923 e. The Morgan fingerprint density at radius 3 is 2.29 bits per heavy atom. The largest absolute Gasteiger partial charge is 0.411 e. The van der Waals surface area contributed by atoms with Crippen molar-refractivity contribution in [3.05, 3.63) is 35.9 Å². The lowest BCUT2D eigenvalue weighted by atomic mass is 9.81. The first kappa shape index (κ1) is 10.8. The molecule has 0 saturated heterocycles. The van der Waals surface area contributed by atoms with E-state index in [1.165, 1.54) is 0 Å². The van der Waals surface area contributed by atoms with Crippen LogP contribution in [0.5, 0.6) is 0 Å². The van der Waals surface area contributed by atoms with Gasteiger partial charge in [0, 0.05) is 5.41 Å². The second kappa shape index (κ2) is 4.27. The summed E-state index contributed by atoms with van der Waals surface area (Å²) in [5, 5.41) is 12.5. The van der Waals surface area contributed by atoms with Gasteiger partial charge in [-0.3, -0.25) is 0 Å². The monoisotopic (exact) mass is 191 g/mol. The van der Waals surface area contributed by atoms with Gasteiger partial charge < -0.3 is 5.21 Å². The van der Waals surface area contributed by atoms with Crippen molar-refractivity contribution in [3.63, 3.8) is 0 Å². The number of hydrogen-bond donors (Lipinski definition) is 1. The summed E-state index contributed by atoms with van der Waals surface area (Å²) in [4.78, 5) is 0. The van der Waals surface area contributed by atoms with Gasteiger partial charge in [-0.25, -0.2) is 0 Å². The second-order valence-electron chi connectivity index (χ2n) is 4.05. The molecule has 14 heavy (non-hydrogen) atoms. The maximum absolute atomic E-state index is 9.03. The van der Waals surface area contributed by atoms with E-state index >= 15 is 0 Å². The van der Waals surface area contributed by atoms with Crippen molar-refractivity contribution >= 4 is 5.71 Å². The summed E-state index contributed by atoms with van der Waals surface area (Å²) in [5.41, 5.74) is 1.65. The first-order chi connectivity index (χ1) is 6.61. The van der Waals surface area contributed by atoms with Gasteiger partial charge in [0.2, 0.25) is 0 Å². The molecule has 1 rings (SSSR count). The van der Waals surface area contributed by atoms with Gasteiger partial charge in [0.15, 0.2) is 0 Å². The van der Waals surface area contributed by atoms with Crippen LogP contribution >= 0.6 is 0 Å². The summed E-state index contributed by atoms with van der Waals surface area (Å²) < 4.78 is 0. The molecular weight excluding hydrogens is 174 g/mol. The fourth-order valence-corrected chi connectivity index (χ4v) is 1.35. The molecule has 0 atom stereocenters. The fourth-order valence-electron chi connectivity index (χ4n) is 1.35. The molecule has 0 aromatic heterocycles. The van der Waals surface area contributed by atoms with Gasteiger partial charge in [-0.15, -0.1) is 0 Å². The van der Waals surface area contributed by atoms with Crippen LogP contribution in [-0.4, -0.2) is 10.9 Å². The highest BCUT2D eigenvalue weighted by atomic mass is 16.4. The summed E-state index contributed by atoms with van der Waals surface area (Å²) in [6.07, 6.45) is 0.946. The van der Waals surface area contributed by atoms with Crippen molar-refractivity contribution in [2.24, 2.45) is 10.6 Å². The minimum Gasteiger partial charge on any atom is -0.411 e. The topological polar surface area (TPSA) is 32.6 Å². The first-order valence-electron chi connectivity index (χ1n) is 4.89. The number of nitrogens with zero attached hydrogens (tertiary/aromatic N) is 1. The second-order valence-corrected chi connectivity index (χ2v) is 4.05. The Bertz CT molecular complexity index is 314. The maximum Gasteiger partial charge on any atom is 0.0923 e. The molecule has 1 aromatic carbocycles. The van der Waals surface area contributed by atoms with Crippen LogP contribution in [0.3, 0.4) is 0 Å². The van der Waals surface area contributed by atoms with Crippen LogP contribution in [0, 0.1) is 5.41 Å². The van der Waals surface area contributed by atoms with Gasteiger partial charge in [-0.2, -0.15) is 0 Å². The molecule has 1 aromatic rings. The average molecular weight is 191 g/mol. The molecule has 0 saturated carbocycles. The minimum absolute atomic E-state index is 0.0872. The van der Waals surface area contributed by atoms with Crippen LogP contribution in [-0.2, 0) is 0 Å². The third kappa shape index (κ3) is 2.13. The van der Waals surface area contributed by atoms with E-state index in [2.05, 4.69) is 25.9 Å². The summed E-state index contributed by atoms with van der Waals surface area (Å²) in [5.74, 6) is 0. The number of benzene rings is 1. The van der Waals surface area contributed by atoms with Gasteiger partial charge in [0.1, 0.15) is 0 Å². The molecule has 0 bridgehead atoms. The van der Waals surface area contributed by atoms with Crippen LogP contribution in [0.2, 0.25) is 0 Å². The number of rotatable bonds is 3. The van der Waals surface area contributed by atoms with E-state index in [4.69, 9.17) is 5.21 Å². The Morgan fingerprint density at radius 1 is 1.29 bits per heavy atom. The molecule has 0 spiro atoms. The Hall–Kier alpha value is -1.31. The van der Waals surface area contributed by atoms with Crippen LogP contribution in [0.4, 0.5) is 0 Å². The highest BCUT2D eigenvalue weighted by Crippen LogP contribution is 2.26. The lowest BCUT2D eigenvalue weighted by Crippen LogP contribution is -2.24. The molecule has 2 heteroatoms. The molecular formula is C12H17NO. The Kier molecular flexibility index (Phi) is 3.28. The van der Waals surface area contributed by atoms with E-state index in [9.17, 15) is 0 Å². The van der Waals surface area contributed by atoms with Gasteiger partial charge in [-0.05, 0) is 12.0 Å². The van der Waals surface area contributed by atoms with E-state index in [1.807, 2.05) is 30.3 Å². The Morgan fingerprint density at radius 2 is 1.86 bits per heavy atom. The van der Waals surface area contributed by atoms with Gasteiger partial charge in [0.25, 0.3) is 0 Å². The van der Waals surface area contributed by atoms with Crippen molar-refractivity contribution in [3.8, 4) is 0 Å². The molecule has 0 radical (unpaired) electrons. The van der Waals surface area contributed by atoms with Crippen LogP contribution in [0.1, 0.15) is 32.8 Å². The lowest BCUT2D eigenvalue weighted by molar-refractivity contribution is 0.308. The molecule has 1 N–H and O–H groups in total. The predicted octanol–water partition coefficient (Wildman–Crippen LogP) is 3.30. The molecule has 0 aliphatic rings. The zero-order valence-electron chi connectivity index (χ0n) is 8.99. The molecule has 0 unspecified atom stereocenters. The predicted molar refractivity (Wildman–Crippen MR) is 58.8 cm³/mol. The molecule has 0 fully saturated rings. The molecule has 0 amide bonds. The highest BCUT2D eigenvalue weighted by Gasteiger charge is 2.24. The van der Waals surface area contributed by atoms with Crippen LogP contribution < -0.4 is 0 Å². The van der Waals surface area contributed by atoms with Crippen molar-refractivity contribution in [1.82, 2.24) is 0 Å². The summed E-state index contributed by atoms with van der Waals surface area (Å²) in [7, 11) is 0. The third-order valence-corrected chi connectivity index (χ3v) is 2.67. The molecule has 76 valence electrons. The number of oxime groups is 1. The van der Waals surface area contributed by atoms with Gasteiger partial charge in [0.05, 0.1) is 5.71 Å². The van der Waals surface area contributed by atoms with Crippen molar-refractivity contribution in [1.29, 1.82) is 0 Å². The zero-order valence-corrected chi connectivity index (χ0v) is 8.99. The van der Waals surface area contributed by atoms with Crippen LogP contribution in [0.25, 0.3) is 0 Å². The zero-order chi connectivity index (χ0) is 10.6. The third-order valence-electron chi connectivity index (χ3n) is 2.67. The van der Waals surface area contributed by atoms with Crippen molar-refractivity contribution in [2.75, 3.05) is 0 Å². The molecule has 0 heterocycles. The van der Waals surface area contributed by atoms with Gasteiger partial charge in [-0.1, -0.05) is 56.3 Å². The SMILES string of the molecule is CCC(C)(C)C(=NO)c1ccccc1. The molecule has 0 aliphatic carbocycles. The average Bonchev–Trinajstić information content (AvgIpc) is 2.20. The standard InChI is InChI=1S/C12H17NO/c1-4-12(2,3)11(13-14)10-8-6-5-7-9-10/h5-9,14H,4H2,1-3H3. The Labute approximate surface area is 85.3 Å². The fraction of sp³-hybridized carbons (Fsp3) is 0.417. The van der Waals surface area contributed by atoms with E-state index < -0.39 is 0 Å². The van der Waals surface area contributed by atoms with E-state index in [0.29, 0.717) is 0 Å². The van der Waals surface area contributed by atoms with E-state index in [1.54, 1.807) is 0 Å². The maximum atomic E-state index is 9.03. The first-order valence-corrected chi connectivity index (χ1v) is 4.89. The van der Waals surface area contributed by atoms with E-state index in [0.717, 1.165) is 17.7 Å². The van der Waals surface area contributed by atoms with Crippen molar-refractivity contribution < 1.29 is 5.21 Å². The number of hydrogen-bond acceptors (Lipinski definition) is 2. The summed E-state index contributed by atoms with van der Waals surface area (Å²) in [6, 6.07) is 9.79. The Balaban J connectivity index is 3.07. The highest BCUT2D eigenvalue weighted by molar-refractivity contribution is 6.03. The summed E-state index contributed by atoms with van der Waals surface area (Å²) in [6.45, 7) is 6.25. The van der Waals surface area contributed by atoms with Crippen molar-refractivity contribution in [2.45, 2.75) is 27.2 Å². The quantitative estimate of drug-likeness (QED) is 0.444. The minimum atomic E-state index is -0.0872. The van der Waals surface area contributed by atoms with Crippen LogP contribution in [0.15, 0.2) is 35.5 Å². The lowest BCUT2D eigenvalue weighted by Gasteiger charge is -2.23. The van der Waals surface area contributed by atoms with Gasteiger partial charge >= 0.3 is 0 Å². The van der Waals surface area contributed by atoms with E-state index in [-0.39, 0.29) is 5.41 Å².